The number of morpholine rings is 1. The molecule has 0 aliphatic carbocycles. The Hall–Kier alpha value is -1.26. The summed E-state index contributed by atoms with van der Waals surface area (Å²) in [6, 6.07) is 11.4. The molecule has 22 heavy (non-hydrogen) atoms. The first-order valence-corrected chi connectivity index (χ1v) is 7.96. The van der Waals surface area contributed by atoms with E-state index in [0.29, 0.717) is 10.6 Å². The molecule has 3 nitrogen and oxygen atoms in total. The maximum Gasteiger partial charge on any atom is 0.142 e. The van der Waals surface area contributed by atoms with Crippen molar-refractivity contribution in [2.75, 3.05) is 26.3 Å². The Morgan fingerprint density at radius 3 is 2.41 bits per heavy atom. The van der Waals surface area contributed by atoms with Crippen molar-refractivity contribution in [1.82, 2.24) is 4.90 Å². The van der Waals surface area contributed by atoms with Crippen LogP contribution in [0.5, 0.6) is 5.75 Å². The zero-order chi connectivity index (χ0) is 15.5. The van der Waals surface area contributed by atoms with Gasteiger partial charge in [-0.2, -0.15) is 0 Å². The van der Waals surface area contributed by atoms with Gasteiger partial charge in [-0.15, -0.1) is 0 Å². The van der Waals surface area contributed by atoms with Crippen LogP contribution in [0, 0.1) is 0 Å². The summed E-state index contributed by atoms with van der Waals surface area (Å²) in [7, 11) is 0. The lowest BCUT2D eigenvalue weighted by Crippen LogP contribution is -2.35. The molecule has 2 aromatic rings. The quantitative estimate of drug-likeness (QED) is 0.911. The highest BCUT2D eigenvalue weighted by molar-refractivity contribution is 6.36. The largest absolute Gasteiger partial charge is 0.506 e. The van der Waals surface area contributed by atoms with Crippen LogP contribution in [0.1, 0.15) is 5.56 Å². The zero-order valence-corrected chi connectivity index (χ0v) is 13.6. The number of benzene rings is 2. The molecule has 1 heterocycles. The number of phenols is 1. The van der Waals surface area contributed by atoms with Gasteiger partial charge in [0.2, 0.25) is 0 Å². The Morgan fingerprint density at radius 1 is 1.05 bits per heavy atom. The van der Waals surface area contributed by atoms with Gasteiger partial charge in [-0.1, -0.05) is 47.5 Å². The second-order valence-electron chi connectivity index (χ2n) is 5.37. The predicted molar refractivity (Wildman–Crippen MR) is 89.7 cm³/mol. The van der Waals surface area contributed by atoms with Crippen molar-refractivity contribution in [3.8, 4) is 16.9 Å². The van der Waals surface area contributed by atoms with Gasteiger partial charge in [0.25, 0.3) is 0 Å². The molecule has 0 saturated carbocycles. The van der Waals surface area contributed by atoms with Crippen molar-refractivity contribution in [2.24, 2.45) is 0 Å². The van der Waals surface area contributed by atoms with Crippen LogP contribution in [-0.4, -0.2) is 36.3 Å². The fourth-order valence-electron chi connectivity index (χ4n) is 2.59. The molecular weight excluding hydrogens is 321 g/mol. The normalized spacial score (nSPS) is 15.9. The second kappa shape index (κ2) is 6.88. The molecule has 1 N–H and O–H groups in total. The summed E-state index contributed by atoms with van der Waals surface area (Å²) >= 11 is 12.0. The second-order valence-corrected chi connectivity index (χ2v) is 6.21. The van der Waals surface area contributed by atoms with Crippen LogP contribution in [-0.2, 0) is 11.3 Å². The van der Waals surface area contributed by atoms with Crippen LogP contribution >= 0.6 is 23.2 Å². The van der Waals surface area contributed by atoms with Crippen LogP contribution in [0.3, 0.4) is 0 Å². The molecule has 5 heteroatoms. The number of ether oxygens (including phenoxy) is 1. The highest BCUT2D eigenvalue weighted by Gasteiger charge is 2.12. The molecule has 0 bridgehead atoms. The van der Waals surface area contributed by atoms with Gasteiger partial charge in [0.1, 0.15) is 5.75 Å². The van der Waals surface area contributed by atoms with Gasteiger partial charge in [-0.3, -0.25) is 4.90 Å². The number of nitrogens with zero attached hydrogens (tertiary/aromatic N) is 1. The lowest BCUT2D eigenvalue weighted by molar-refractivity contribution is 0.0342. The highest BCUT2D eigenvalue weighted by Crippen LogP contribution is 2.37. The van der Waals surface area contributed by atoms with Crippen LogP contribution in [0.4, 0.5) is 0 Å². The van der Waals surface area contributed by atoms with E-state index in [1.165, 1.54) is 11.6 Å². The van der Waals surface area contributed by atoms with E-state index in [9.17, 15) is 5.11 Å². The van der Waals surface area contributed by atoms with Gasteiger partial charge in [0, 0.05) is 30.2 Å². The third-order valence-corrected chi connectivity index (χ3v) is 4.31. The minimum absolute atomic E-state index is 0.0620. The van der Waals surface area contributed by atoms with Gasteiger partial charge in [-0.25, -0.2) is 0 Å². The van der Waals surface area contributed by atoms with Crippen molar-refractivity contribution in [1.29, 1.82) is 0 Å². The first kappa shape index (κ1) is 15.6. The van der Waals surface area contributed by atoms with E-state index in [2.05, 4.69) is 17.0 Å². The van der Waals surface area contributed by atoms with E-state index < -0.39 is 0 Å². The third-order valence-electron chi connectivity index (χ3n) is 3.80. The number of rotatable bonds is 3. The van der Waals surface area contributed by atoms with E-state index in [4.69, 9.17) is 27.9 Å². The molecule has 1 fully saturated rings. The lowest BCUT2D eigenvalue weighted by atomic mass is 10.0. The van der Waals surface area contributed by atoms with Crippen LogP contribution < -0.4 is 0 Å². The summed E-state index contributed by atoms with van der Waals surface area (Å²) in [4.78, 5) is 2.37. The molecule has 0 aromatic heterocycles. The number of phenolic OH excluding ortho intramolecular Hbond substituents is 1. The summed E-state index contributed by atoms with van der Waals surface area (Å²) in [5.74, 6) is 0.0620. The van der Waals surface area contributed by atoms with E-state index in [-0.39, 0.29) is 10.8 Å². The molecular formula is C17H17Cl2NO2. The molecule has 2 aromatic carbocycles. The van der Waals surface area contributed by atoms with E-state index in [1.807, 2.05) is 12.1 Å². The fraction of sp³-hybridized carbons (Fsp3) is 0.294. The molecule has 0 amide bonds. The van der Waals surface area contributed by atoms with E-state index in [0.717, 1.165) is 38.4 Å². The number of aromatic hydroxyl groups is 1. The molecule has 0 radical (unpaired) electrons. The summed E-state index contributed by atoms with van der Waals surface area (Å²) in [6.07, 6.45) is 0. The van der Waals surface area contributed by atoms with Gasteiger partial charge in [0.05, 0.1) is 18.2 Å². The zero-order valence-electron chi connectivity index (χ0n) is 12.1. The summed E-state index contributed by atoms with van der Waals surface area (Å²) in [6.45, 7) is 4.44. The Morgan fingerprint density at radius 2 is 1.73 bits per heavy atom. The minimum Gasteiger partial charge on any atom is -0.506 e. The van der Waals surface area contributed by atoms with Crippen molar-refractivity contribution < 1.29 is 9.84 Å². The summed E-state index contributed by atoms with van der Waals surface area (Å²) < 4.78 is 5.36. The van der Waals surface area contributed by atoms with Crippen molar-refractivity contribution in [3.05, 3.63) is 52.0 Å². The molecule has 116 valence electrons. The van der Waals surface area contributed by atoms with Gasteiger partial charge in [-0.05, 0) is 23.3 Å². The first-order chi connectivity index (χ1) is 10.6. The minimum atomic E-state index is 0.0620. The average Bonchev–Trinajstić information content (AvgIpc) is 2.53. The van der Waals surface area contributed by atoms with Gasteiger partial charge < -0.3 is 9.84 Å². The molecule has 1 saturated heterocycles. The van der Waals surface area contributed by atoms with E-state index >= 15 is 0 Å². The standard InChI is InChI=1S/C17H17Cl2NO2/c18-14-9-15(17(21)16(19)10-14)13-3-1-12(2-4-13)11-20-5-7-22-8-6-20/h1-4,9-10,21H,5-8,11H2. The lowest BCUT2D eigenvalue weighted by Gasteiger charge is -2.26. The molecule has 1 aliphatic rings. The van der Waals surface area contributed by atoms with Crippen LogP contribution in [0.2, 0.25) is 10.0 Å². The van der Waals surface area contributed by atoms with Crippen molar-refractivity contribution in [2.45, 2.75) is 6.54 Å². The van der Waals surface area contributed by atoms with E-state index in [1.54, 1.807) is 6.07 Å². The maximum atomic E-state index is 10.1. The Labute approximate surface area is 140 Å². The smallest absolute Gasteiger partial charge is 0.142 e. The van der Waals surface area contributed by atoms with Crippen molar-refractivity contribution in [3.63, 3.8) is 0 Å². The SMILES string of the molecule is Oc1c(Cl)cc(Cl)cc1-c1ccc(CN2CCOCC2)cc1. The Bertz CT molecular complexity index is 652. The molecule has 0 atom stereocenters. The Balaban J connectivity index is 1.79. The fourth-order valence-corrected chi connectivity index (χ4v) is 3.09. The monoisotopic (exact) mass is 337 g/mol. The predicted octanol–water partition coefficient (Wildman–Crippen LogP) is 4.20. The molecule has 0 unspecified atom stereocenters. The number of hydrogen-bond donors (Lipinski definition) is 1. The van der Waals surface area contributed by atoms with Gasteiger partial charge >= 0.3 is 0 Å². The summed E-state index contributed by atoms with van der Waals surface area (Å²) in [5.41, 5.74) is 2.78. The molecule has 1 aliphatic heterocycles. The molecule has 0 spiro atoms. The number of halogens is 2. The van der Waals surface area contributed by atoms with Crippen LogP contribution in [0.25, 0.3) is 11.1 Å². The highest BCUT2D eigenvalue weighted by atomic mass is 35.5. The molecule has 3 rings (SSSR count). The maximum absolute atomic E-state index is 10.1. The number of hydrogen-bond acceptors (Lipinski definition) is 3. The van der Waals surface area contributed by atoms with Crippen molar-refractivity contribution >= 4 is 23.2 Å². The Kier molecular flexibility index (Phi) is 4.89. The average molecular weight is 338 g/mol. The van der Waals surface area contributed by atoms with Crippen LogP contribution in [0.15, 0.2) is 36.4 Å². The first-order valence-electron chi connectivity index (χ1n) is 7.21. The topological polar surface area (TPSA) is 32.7 Å². The third kappa shape index (κ3) is 3.55. The summed E-state index contributed by atoms with van der Waals surface area (Å²) in [5, 5.41) is 10.9. The van der Waals surface area contributed by atoms with Gasteiger partial charge in [0.15, 0.2) is 0 Å².